The first-order valence-corrected chi connectivity index (χ1v) is 12.2. The van der Waals surface area contributed by atoms with Crippen molar-refractivity contribution in [2.24, 2.45) is 0 Å². The van der Waals surface area contributed by atoms with Crippen LogP contribution in [-0.2, 0) is 21.2 Å². The zero-order valence-corrected chi connectivity index (χ0v) is 18.5. The summed E-state index contributed by atoms with van der Waals surface area (Å²) in [6.45, 7) is 2.76. The Bertz CT molecular complexity index is 1120. The number of imidazole rings is 1. The van der Waals surface area contributed by atoms with E-state index in [9.17, 15) is 13.2 Å². The Kier molecular flexibility index (Phi) is 6.38. The van der Waals surface area contributed by atoms with E-state index in [4.69, 9.17) is 0 Å². The van der Waals surface area contributed by atoms with Crippen molar-refractivity contribution in [3.63, 3.8) is 0 Å². The van der Waals surface area contributed by atoms with Gasteiger partial charge in [0.1, 0.15) is 11.9 Å². The molecule has 1 aromatic heterocycles. The highest BCUT2D eigenvalue weighted by Gasteiger charge is 2.37. The number of amides is 1. The molecule has 2 aromatic carbocycles. The molecule has 0 radical (unpaired) electrons. The number of aromatic amines is 1. The molecule has 31 heavy (non-hydrogen) atoms. The number of aryl methyl sites for hydroxylation is 2. The van der Waals surface area contributed by atoms with Crippen molar-refractivity contribution in [3.8, 4) is 0 Å². The summed E-state index contributed by atoms with van der Waals surface area (Å²) in [6, 6.07) is 14.0. The number of hydrogen-bond acceptors (Lipinski definition) is 4. The van der Waals surface area contributed by atoms with Crippen LogP contribution in [-0.4, -0.2) is 47.7 Å². The Morgan fingerprint density at radius 3 is 2.71 bits per heavy atom. The van der Waals surface area contributed by atoms with E-state index < -0.39 is 16.1 Å². The van der Waals surface area contributed by atoms with Gasteiger partial charge in [-0.2, -0.15) is 4.31 Å². The molecule has 0 spiro atoms. The van der Waals surface area contributed by atoms with Crippen LogP contribution in [0.1, 0.15) is 37.1 Å². The van der Waals surface area contributed by atoms with Crippen molar-refractivity contribution in [3.05, 3.63) is 59.9 Å². The van der Waals surface area contributed by atoms with Gasteiger partial charge in [0.2, 0.25) is 15.9 Å². The average Bonchev–Trinajstić information content (AvgIpc) is 3.20. The van der Waals surface area contributed by atoms with Gasteiger partial charge in [-0.1, -0.05) is 36.2 Å². The number of para-hydroxylation sites is 2. The molecule has 8 heteroatoms. The Morgan fingerprint density at radius 1 is 1.16 bits per heavy atom. The van der Waals surface area contributed by atoms with Gasteiger partial charge in [0.05, 0.1) is 15.9 Å². The predicted molar refractivity (Wildman–Crippen MR) is 120 cm³/mol. The number of H-pyrrole nitrogens is 1. The molecule has 2 N–H and O–H groups in total. The van der Waals surface area contributed by atoms with Gasteiger partial charge in [-0.15, -0.1) is 0 Å². The number of nitrogens with one attached hydrogen (secondary N) is 2. The second-order valence-corrected chi connectivity index (χ2v) is 9.93. The monoisotopic (exact) mass is 440 g/mol. The van der Waals surface area contributed by atoms with Crippen LogP contribution < -0.4 is 5.32 Å². The number of sulfonamides is 1. The van der Waals surface area contributed by atoms with Gasteiger partial charge in [0.15, 0.2) is 0 Å². The smallest absolute Gasteiger partial charge is 0.243 e. The molecule has 7 nitrogen and oxygen atoms in total. The van der Waals surface area contributed by atoms with Crippen molar-refractivity contribution in [1.82, 2.24) is 19.6 Å². The van der Waals surface area contributed by atoms with E-state index in [2.05, 4.69) is 15.3 Å². The number of rotatable bonds is 7. The molecule has 0 bridgehead atoms. The zero-order chi connectivity index (χ0) is 21.8. The summed E-state index contributed by atoms with van der Waals surface area (Å²) in [5.74, 6) is 0.664. The summed E-state index contributed by atoms with van der Waals surface area (Å²) in [5.41, 5.74) is 2.93. The second-order valence-electron chi connectivity index (χ2n) is 8.04. The molecule has 4 rings (SSSR count). The van der Waals surface area contributed by atoms with Gasteiger partial charge < -0.3 is 10.3 Å². The van der Waals surface area contributed by atoms with E-state index in [-0.39, 0.29) is 10.8 Å². The first-order chi connectivity index (χ1) is 14.9. The van der Waals surface area contributed by atoms with Crippen LogP contribution >= 0.6 is 0 Å². The molecule has 0 aliphatic carbocycles. The first kappa shape index (κ1) is 21.5. The largest absolute Gasteiger partial charge is 0.355 e. The Morgan fingerprint density at radius 2 is 1.94 bits per heavy atom. The third-order valence-electron chi connectivity index (χ3n) is 5.71. The normalized spacial score (nSPS) is 17.6. The van der Waals surface area contributed by atoms with E-state index in [0.717, 1.165) is 41.7 Å². The number of carbonyl (C=O) groups is 1. The quantitative estimate of drug-likeness (QED) is 0.552. The van der Waals surface area contributed by atoms with Gasteiger partial charge in [-0.25, -0.2) is 13.4 Å². The van der Waals surface area contributed by atoms with Gasteiger partial charge in [0, 0.05) is 19.5 Å². The molecule has 164 valence electrons. The van der Waals surface area contributed by atoms with Crippen LogP contribution in [0.25, 0.3) is 11.0 Å². The standard InChI is InChI=1S/C23H28N4O3S/c1-17-11-13-18(14-12-17)31(29,30)27-16-5-4-9-21(27)23(28)24-15-6-10-22-25-19-7-2-3-8-20(19)26-22/h2-3,7-8,11-14,21H,4-6,9-10,15-16H2,1H3,(H,24,28)(H,25,26). The molecular weight excluding hydrogens is 412 g/mol. The molecule has 1 saturated heterocycles. The minimum atomic E-state index is -3.70. The number of nitrogens with zero attached hydrogens (tertiary/aromatic N) is 2. The number of benzene rings is 2. The van der Waals surface area contributed by atoms with E-state index in [1.807, 2.05) is 31.2 Å². The highest BCUT2D eigenvalue weighted by molar-refractivity contribution is 7.89. The van der Waals surface area contributed by atoms with E-state index >= 15 is 0 Å². The minimum Gasteiger partial charge on any atom is -0.355 e. The Labute approximate surface area is 182 Å². The molecule has 2 heterocycles. The molecule has 0 saturated carbocycles. The second kappa shape index (κ2) is 9.20. The van der Waals surface area contributed by atoms with Crippen LogP contribution in [0.15, 0.2) is 53.4 Å². The number of fused-ring (bicyclic) bond motifs is 1. The maximum absolute atomic E-state index is 13.1. The predicted octanol–water partition coefficient (Wildman–Crippen LogP) is 3.16. The highest BCUT2D eigenvalue weighted by Crippen LogP contribution is 2.25. The number of hydrogen-bond donors (Lipinski definition) is 2. The van der Waals surface area contributed by atoms with Gasteiger partial charge in [0.25, 0.3) is 0 Å². The molecule has 1 aliphatic rings. The maximum Gasteiger partial charge on any atom is 0.243 e. The fourth-order valence-corrected chi connectivity index (χ4v) is 5.67. The van der Waals surface area contributed by atoms with E-state index in [1.54, 1.807) is 24.3 Å². The van der Waals surface area contributed by atoms with E-state index in [1.165, 1.54) is 4.31 Å². The third kappa shape index (κ3) is 4.80. The van der Waals surface area contributed by atoms with E-state index in [0.29, 0.717) is 25.9 Å². The number of piperidine rings is 1. The topological polar surface area (TPSA) is 95.2 Å². The van der Waals surface area contributed by atoms with Gasteiger partial charge in [-0.3, -0.25) is 4.79 Å². The van der Waals surface area contributed by atoms with Crippen LogP contribution in [0.3, 0.4) is 0 Å². The lowest BCUT2D eigenvalue weighted by Gasteiger charge is -2.33. The summed E-state index contributed by atoms with van der Waals surface area (Å²) < 4.78 is 27.7. The molecule has 1 unspecified atom stereocenters. The van der Waals surface area contributed by atoms with Crippen molar-refractivity contribution in [1.29, 1.82) is 0 Å². The first-order valence-electron chi connectivity index (χ1n) is 10.7. The Hall–Kier alpha value is -2.71. The highest BCUT2D eigenvalue weighted by atomic mass is 32.2. The molecule has 1 fully saturated rings. The summed E-state index contributed by atoms with van der Waals surface area (Å²) in [5, 5.41) is 2.93. The van der Waals surface area contributed by atoms with Crippen molar-refractivity contribution in [2.75, 3.05) is 13.1 Å². The average molecular weight is 441 g/mol. The minimum absolute atomic E-state index is 0.222. The molecular formula is C23H28N4O3S. The molecule has 1 atom stereocenters. The van der Waals surface area contributed by atoms with Crippen molar-refractivity contribution < 1.29 is 13.2 Å². The zero-order valence-electron chi connectivity index (χ0n) is 17.7. The van der Waals surface area contributed by atoms with Crippen molar-refractivity contribution in [2.45, 2.75) is 50.0 Å². The lowest BCUT2D eigenvalue weighted by Crippen LogP contribution is -2.51. The lowest BCUT2D eigenvalue weighted by molar-refractivity contribution is -0.125. The van der Waals surface area contributed by atoms with Crippen LogP contribution in [0.2, 0.25) is 0 Å². The van der Waals surface area contributed by atoms with Crippen LogP contribution in [0, 0.1) is 6.92 Å². The van der Waals surface area contributed by atoms with Crippen LogP contribution in [0.4, 0.5) is 0 Å². The Balaban J connectivity index is 1.36. The van der Waals surface area contributed by atoms with Gasteiger partial charge in [-0.05, 0) is 50.5 Å². The molecule has 1 aliphatic heterocycles. The van der Waals surface area contributed by atoms with Crippen LogP contribution in [0.5, 0.6) is 0 Å². The maximum atomic E-state index is 13.1. The summed E-state index contributed by atoms with van der Waals surface area (Å²) in [4.78, 5) is 20.9. The fourth-order valence-electron chi connectivity index (χ4n) is 4.01. The molecule has 3 aromatic rings. The van der Waals surface area contributed by atoms with Gasteiger partial charge >= 0.3 is 0 Å². The fraction of sp³-hybridized carbons (Fsp3) is 0.391. The SMILES string of the molecule is Cc1ccc(S(=O)(=O)N2CCCCC2C(=O)NCCCc2nc3ccccc3[nH]2)cc1. The number of aromatic nitrogens is 2. The summed E-state index contributed by atoms with van der Waals surface area (Å²) in [7, 11) is -3.70. The summed E-state index contributed by atoms with van der Waals surface area (Å²) in [6.07, 6.45) is 3.59. The lowest BCUT2D eigenvalue weighted by atomic mass is 10.0. The molecule has 1 amide bonds. The summed E-state index contributed by atoms with van der Waals surface area (Å²) >= 11 is 0. The number of carbonyl (C=O) groups excluding carboxylic acids is 1. The van der Waals surface area contributed by atoms with Crippen molar-refractivity contribution >= 4 is 27.0 Å². The third-order valence-corrected chi connectivity index (χ3v) is 7.63.